The second-order valence-electron chi connectivity index (χ2n) is 6.55. The standard InChI is InChI=1S/C21H22N4O4S/c1-22-14-17-7-11-21(12-8-17)30(28,29)24(16-19-4-2-3-13-23-19)15-18-5-9-20(10-6-18)25(26)27/h2-14,25-26H,15-16H2,1H3. The van der Waals surface area contributed by atoms with E-state index in [0.717, 1.165) is 5.56 Å². The zero-order valence-corrected chi connectivity index (χ0v) is 17.2. The van der Waals surface area contributed by atoms with Crippen molar-refractivity contribution >= 4 is 21.9 Å². The minimum absolute atomic E-state index is 0.0803. The van der Waals surface area contributed by atoms with E-state index in [9.17, 15) is 13.6 Å². The molecule has 0 amide bonds. The molecule has 0 aliphatic rings. The predicted molar refractivity (Wildman–Crippen MR) is 113 cm³/mol. The van der Waals surface area contributed by atoms with Crippen LogP contribution in [0.1, 0.15) is 16.8 Å². The Bertz CT molecular complexity index is 1080. The van der Waals surface area contributed by atoms with Crippen molar-refractivity contribution in [3.8, 4) is 0 Å². The summed E-state index contributed by atoms with van der Waals surface area (Å²) in [6, 6.07) is 18.0. The molecule has 30 heavy (non-hydrogen) atoms. The van der Waals surface area contributed by atoms with Crippen LogP contribution in [-0.2, 0) is 23.1 Å². The van der Waals surface area contributed by atoms with Gasteiger partial charge in [-0.2, -0.15) is 9.53 Å². The molecule has 1 heterocycles. The zero-order valence-electron chi connectivity index (χ0n) is 16.3. The zero-order chi connectivity index (χ0) is 21.6. The third kappa shape index (κ3) is 5.35. The largest absolute Gasteiger partial charge is 0.595 e. The average Bonchev–Trinajstić information content (AvgIpc) is 2.75. The minimum Gasteiger partial charge on any atom is -0.595 e. The summed E-state index contributed by atoms with van der Waals surface area (Å²) in [4.78, 5) is 8.33. The van der Waals surface area contributed by atoms with Crippen LogP contribution in [0.25, 0.3) is 0 Å². The van der Waals surface area contributed by atoms with Gasteiger partial charge in [-0.15, -0.1) is 0 Å². The molecule has 0 bridgehead atoms. The third-order valence-electron chi connectivity index (χ3n) is 4.42. The highest BCUT2D eigenvalue weighted by Gasteiger charge is 2.25. The predicted octanol–water partition coefficient (Wildman–Crippen LogP) is 1.92. The number of hydrogen-bond acceptors (Lipinski definition) is 6. The van der Waals surface area contributed by atoms with Crippen molar-refractivity contribution in [1.82, 2.24) is 9.29 Å². The summed E-state index contributed by atoms with van der Waals surface area (Å²) in [6.45, 7) is 0.166. The van der Waals surface area contributed by atoms with Crippen LogP contribution in [0.5, 0.6) is 0 Å². The minimum atomic E-state index is -3.82. The molecule has 0 aliphatic heterocycles. The fourth-order valence-electron chi connectivity index (χ4n) is 2.88. The molecule has 0 aliphatic carbocycles. The van der Waals surface area contributed by atoms with Gasteiger partial charge in [-0.25, -0.2) is 13.6 Å². The Hall–Kier alpha value is -2.95. The number of quaternary nitrogens is 1. The van der Waals surface area contributed by atoms with Gasteiger partial charge in [-0.3, -0.25) is 9.98 Å². The summed E-state index contributed by atoms with van der Waals surface area (Å²) in [6.07, 6.45) is 3.26. The molecule has 0 saturated heterocycles. The van der Waals surface area contributed by atoms with Gasteiger partial charge < -0.3 is 5.21 Å². The molecule has 0 saturated carbocycles. The first-order chi connectivity index (χ1) is 14.4. The van der Waals surface area contributed by atoms with Crippen LogP contribution in [0, 0.1) is 5.21 Å². The van der Waals surface area contributed by atoms with Gasteiger partial charge >= 0.3 is 0 Å². The molecule has 0 spiro atoms. The van der Waals surface area contributed by atoms with Crippen LogP contribution in [0.2, 0.25) is 0 Å². The van der Waals surface area contributed by atoms with Crippen LogP contribution >= 0.6 is 0 Å². The first-order valence-electron chi connectivity index (χ1n) is 9.14. The summed E-state index contributed by atoms with van der Waals surface area (Å²) >= 11 is 0. The van der Waals surface area contributed by atoms with Crippen molar-refractivity contribution < 1.29 is 18.9 Å². The highest BCUT2D eigenvalue weighted by Crippen LogP contribution is 2.21. The molecule has 2 N–H and O–H groups in total. The van der Waals surface area contributed by atoms with Crippen molar-refractivity contribution in [3.05, 3.63) is 95.0 Å². The molecule has 0 radical (unpaired) electrons. The van der Waals surface area contributed by atoms with E-state index in [2.05, 4.69) is 9.98 Å². The summed E-state index contributed by atoms with van der Waals surface area (Å²) in [5, 5.41) is 19.1. The Morgan fingerprint density at radius 1 is 1.07 bits per heavy atom. The van der Waals surface area contributed by atoms with Crippen molar-refractivity contribution in [2.75, 3.05) is 7.05 Å². The Morgan fingerprint density at radius 2 is 1.77 bits per heavy atom. The number of aromatic nitrogens is 1. The summed E-state index contributed by atoms with van der Waals surface area (Å²) in [5.41, 5.74) is 2.23. The summed E-state index contributed by atoms with van der Waals surface area (Å²) in [7, 11) is -2.18. The molecule has 1 atom stereocenters. The van der Waals surface area contributed by atoms with Gasteiger partial charge in [0.05, 0.1) is 17.1 Å². The van der Waals surface area contributed by atoms with Gasteiger partial charge in [0.1, 0.15) is 0 Å². The van der Waals surface area contributed by atoms with Crippen molar-refractivity contribution in [1.29, 1.82) is 0 Å². The van der Waals surface area contributed by atoms with Crippen molar-refractivity contribution in [2.45, 2.75) is 18.0 Å². The Labute approximate surface area is 175 Å². The number of benzene rings is 2. The Kier molecular flexibility index (Phi) is 7.03. The van der Waals surface area contributed by atoms with Crippen molar-refractivity contribution in [3.63, 3.8) is 0 Å². The van der Waals surface area contributed by atoms with Gasteiger partial charge in [0.25, 0.3) is 0 Å². The highest BCUT2D eigenvalue weighted by molar-refractivity contribution is 7.89. The van der Waals surface area contributed by atoms with E-state index in [1.165, 1.54) is 16.4 Å². The second-order valence-corrected chi connectivity index (χ2v) is 8.49. The number of nitrogens with zero attached hydrogens (tertiary/aromatic N) is 3. The lowest BCUT2D eigenvalue weighted by Crippen LogP contribution is -2.99. The SMILES string of the molecule is CN=Cc1ccc(S(=O)(=O)N(Cc2ccc([NH+]([O-])O)cc2)Cc2ccccn2)cc1. The maximum absolute atomic E-state index is 13.4. The Morgan fingerprint density at radius 3 is 2.33 bits per heavy atom. The van der Waals surface area contributed by atoms with E-state index in [4.69, 9.17) is 5.21 Å². The number of rotatable bonds is 8. The van der Waals surface area contributed by atoms with Gasteiger partial charge in [0, 0.05) is 38.1 Å². The Balaban J connectivity index is 1.93. The fraction of sp³-hybridized carbons (Fsp3) is 0.143. The number of nitrogens with one attached hydrogen (secondary N) is 1. The number of hydrogen-bond donors (Lipinski definition) is 2. The lowest BCUT2D eigenvalue weighted by Gasteiger charge is -2.22. The van der Waals surface area contributed by atoms with Crippen LogP contribution in [0.3, 0.4) is 0 Å². The summed E-state index contributed by atoms with van der Waals surface area (Å²) in [5.74, 6) is 0. The van der Waals surface area contributed by atoms with E-state index < -0.39 is 15.2 Å². The molecule has 9 heteroatoms. The maximum Gasteiger partial charge on any atom is 0.243 e. The van der Waals surface area contributed by atoms with Crippen molar-refractivity contribution in [2.24, 2.45) is 4.99 Å². The number of sulfonamides is 1. The van der Waals surface area contributed by atoms with Crippen LogP contribution in [-0.4, -0.2) is 36.2 Å². The average molecular weight is 426 g/mol. The lowest BCUT2D eigenvalue weighted by atomic mass is 10.2. The molecular formula is C21H22N4O4S. The third-order valence-corrected chi connectivity index (χ3v) is 6.23. The monoisotopic (exact) mass is 426 g/mol. The highest BCUT2D eigenvalue weighted by atomic mass is 32.2. The van der Waals surface area contributed by atoms with Crippen LogP contribution in [0.15, 0.2) is 82.8 Å². The second kappa shape index (κ2) is 9.70. The van der Waals surface area contributed by atoms with Gasteiger partial charge in [0.2, 0.25) is 10.0 Å². The molecular weight excluding hydrogens is 404 g/mol. The van der Waals surface area contributed by atoms with Crippen LogP contribution in [0.4, 0.5) is 5.69 Å². The summed E-state index contributed by atoms with van der Waals surface area (Å²) < 4.78 is 28.0. The topological polar surface area (TPSA) is 110 Å². The molecule has 0 fully saturated rings. The van der Waals surface area contributed by atoms with Crippen LogP contribution < -0.4 is 5.23 Å². The fourth-order valence-corrected chi connectivity index (χ4v) is 4.28. The molecule has 2 aromatic carbocycles. The first-order valence-corrected chi connectivity index (χ1v) is 10.6. The molecule has 3 rings (SSSR count). The quantitative estimate of drug-likeness (QED) is 0.422. The van der Waals surface area contributed by atoms with E-state index in [0.29, 0.717) is 11.3 Å². The molecule has 8 nitrogen and oxygen atoms in total. The normalized spacial score (nSPS) is 13.1. The molecule has 1 aromatic heterocycles. The van der Waals surface area contributed by atoms with Gasteiger partial charge in [-0.05, 0) is 35.4 Å². The van der Waals surface area contributed by atoms with E-state index in [-0.39, 0.29) is 23.7 Å². The first kappa shape index (κ1) is 21.8. The molecule has 3 aromatic rings. The molecule has 1 unspecified atom stereocenters. The number of aliphatic imine (C=N–C) groups is 1. The smallest absolute Gasteiger partial charge is 0.243 e. The maximum atomic E-state index is 13.4. The van der Waals surface area contributed by atoms with Gasteiger partial charge in [0.15, 0.2) is 5.69 Å². The lowest BCUT2D eigenvalue weighted by molar-refractivity contribution is -0.991. The number of pyridine rings is 1. The van der Waals surface area contributed by atoms with E-state index in [1.54, 1.807) is 74.1 Å². The van der Waals surface area contributed by atoms with Gasteiger partial charge in [-0.1, -0.05) is 30.3 Å². The molecule has 156 valence electrons. The van der Waals surface area contributed by atoms with E-state index in [1.807, 2.05) is 0 Å². The van der Waals surface area contributed by atoms with E-state index >= 15 is 0 Å².